The Morgan fingerprint density at radius 1 is 1.24 bits per heavy atom. The first kappa shape index (κ1) is 17.2. The van der Waals surface area contributed by atoms with Crippen molar-refractivity contribution in [2.24, 2.45) is 5.73 Å². The Kier molecular flexibility index (Phi) is 8.11. The van der Waals surface area contributed by atoms with E-state index in [9.17, 15) is 4.79 Å². The summed E-state index contributed by atoms with van der Waals surface area (Å²) in [5, 5.41) is 6.41. The van der Waals surface area contributed by atoms with Crippen molar-refractivity contribution in [3.05, 3.63) is 11.9 Å². The van der Waals surface area contributed by atoms with Crippen molar-refractivity contribution >= 4 is 17.5 Å². The Balaban J connectivity index is 2.53. The van der Waals surface area contributed by atoms with Crippen LogP contribution < -0.4 is 16.4 Å². The number of carbonyl (C=O) groups is 1. The smallest absolute Gasteiger partial charge is 0.217 e. The molecule has 1 heterocycles. The summed E-state index contributed by atoms with van der Waals surface area (Å²) >= 11 is 0. The molecule has 1 rings (SSSR count). The van der Waals surface area contributed by atoms with E-state index >= 15 is 0 Å². The highest BCUT2D eigenvalue weighted by molar-refractivity contribution is 5.73. The molecule has 7 nitrogen and oxygen atoms in total. The van der Waals surface area contributed by atoms with Crippen molar-refractivity contribution in [2.75, 3.05) is 30.3 Å². The summed E-state index contributed by atoms with van der Waals surface area (Å²) in [4.78, 5) is 19.4. The van der Waals surface area contributed by atoms with Crippen LogP contribution >= 0.6 is 0 Å². The van der Waals surface area contributed by atoms with Crippen LogP contribution in [0.2, 0.25) is 0 Å². The summed E-state index contributed by atoms with van der Waals surface area (Å²) in [5.41, 5.74) is 5.10. The number of unbranched alkanes of at least 4 members (excludes halogenated alkanes) is 1. The van der Waals surface area contributed by atoms with Crippen molar-refractivity contribution in [2.45, 2.75) is 39.7 Å². The van der Waals surface area contributed by atoms with E-state index in [1.165, 1.54) is 0 Å². The van der Waals surface area contributed by atoms with Crippen molar-refractivity contribution in [3.63, 3.8) is 0 Å². The van der Waals surface area contributed by atoms with Crippen LogP contribution in [0.25, 0.3) is 0 Å². The van der Waals surface area contributed by atoms with Gasteiger partial charge in [-0.05, 0) is 26.7 Å². The number of carbonyl (C=O) groups excluding carboxylic acids is 1. The third-order valence-corrected chi connectivity index (χ3v) is 2.72. The van der Waals surface area contributed by atoms with Crippen LogP contribution in [0.15, 0.2) is 6.07 Å². The maximum absolute atomic E-state index is 10.7. The second kappa shape index (κ2) is 9.93. The fourth-order valence-corrected chi connectivity index (χ4v) is 1.76. The van der Waals surface area contributed by atoms with Crippen molar-refractivity contribution in [1.29, 1.82) is 0 Å². The lowest BCUT2D eigenvalue weighted by Gasteiger charge is -2.10. The van der Waals surface area contributed by atoms with Crippen LogP contribution in [0.3, 0.4) is 0 Å². The van der Waals surface area contributed by atoms with Gasteiger partial charge < -0.3 is 21.1 Å². The van der Waals surface area contributed by atoms with E-state index in [2.05, 4.69) is 20.6 Å². The van der Waals surface area contributed by atoms with Gasteiger partial charge in [0.05, 0.1) is 0 Å². The van der Waals surface area contributed by atoms with Gasteiger partial charge in [-0.25, -0.2) is 9.97 Å². The van der Waals surface area contributed by atoms with Gasteiger partial charge in [0, 0.05) is 32.2 Å². The monoisotopic (exact) mass is 295 g/mol. The molecule has 0 aliphatic heterocycles. The Hall–Kier alpha value is -1.89. The number of ether oxygens (including phenoxy) is 1. The van der Waals surface area contributed by atoms with E-state index in [1.54, 1.807) is 0 Å². The highest BCUT2D eigenvalue weighted by atomic mass is 16.5. The van der Waals surface area contributed by atoms with E-state index < -0.39 is 0 Å². The van der Waals surface area contributed by atoms with Crippen LogP contribution in [-0.2, 0) is 16.1 Å². The number of nitrogens with two attached hydrogens (primary N) is 1. The maximum atomic E-state index is 10.7. The van der Waals surface area contributed by atoms with Gasteiger partial charge in [0.15, 0.2) is 5.82 Å². The van der Waals surface area contributed by atoms with Crippen LogP contribution in [0, 0.1) is 0 Å². The molecule has 0 fully saturated rings. The summed E-state index contributed by atoms with van der Waals surface area (Å²) in [7, 11) is 0. The van der Waals surface area contributed by atoms with E-state index in [-0.39, 0.29) is 5.91 Å². The van der Waals surface area contributed by atoms with Gasteiger partial charge in [-0.15, -0.1) is 0 Å². The Bertz CT molecular complexity index is 439. The summed E-state index contributed by atoms with van der Waals surface area (Å²) in [6.45, 7) is 6.51. The van der Waals surface area contributed by atoms with Crippen molar-refractivity contribution in [1.82, 2.24) is 9.97 Å². The zero-order valence-electron chi connectivity index (χ0n) is 12.8. The standard InChI is InChI=1S/C14H25N5O2/c1-3-16-12-9-13(17-8-6-5-7-11(15)20)19-14(18-12)10-21-4-2/h9H,3-8,10H2,1-2H3,(H2,15,20)(H2,16,17,18,19). The number of anilines is 2. The van der Waals surface area contributed by atoms with E-state index in [4.69, 9.17) is 10.5 Å². The molecule has 0 unspecified atom stereocenters. The van der Waals surface area contributed by atoms with Gasteiger partial charge in [-0.3, -0.25) is 4.79 Å². The molecular weight excluding hydrogens is 270 g/mol. The molecule has 1 aromatic heterocycles. The first-order chi connectivity index (χ1) is 10.2. The molecule has 0 aromatic carbocycles. The topological polar surface area (TPSA) is 102 Å². The summed E-state index contributed by atoms with van der Waals surface area (Å²) in [6, 6.07) is 1.87. The summed E-state index contributed by atoms with van der Waals surface area (Å²) in [5.74, 6) is 1.93. The molecule has 0 spiro atoms. The van der Waals surface area contributed by atoms with Crippen molar-refractivity contribution < 1.29 is 9.53 Å². The minimum absolute atomic E-state index is 0.259. The number of nitrogens with one attached hydrogen (secondary N) is 2. The quantitative estimate of drug-likeness (QED) is 0.535. The number of hydrogen-bond acceptors (Lipinski definition) is 6. The SMILES string of the molecule is CCNc1cc(NCCCCC(N)=O)nc(COCC)n1. The van der Waals surface area contributed by atoms with Crippen LogP contribution in [0.4, 0.5) is 11.6 Å². The predicted molar refractivity (Wildman–Crippen MR) is 83.1 cm³/mol. The lowest BCUT2D eigenvalue weighted by Crippen LogP contribution is -2.12. The Labute approximate surface area is 125 Å². The highest BCUT2D eigenvalue weighted by Crippen LogP contribution is 2.12. The Morgan fingerprint density at radius 3 is 2.57 bits per heavy atom. The average molecular weight is 295 g/mol. The van der Waals surface area contributed by atoms with E-state index in [0.717, 1.165) is 37.6 Å². The van der Waals surface area contributed by atoms with Crippen LogP contribution in [-0.4, -0.2) is 35.6 Å². The predicted octanol–water partition coefficient (Wildman–Crippen LogP) is 1.51. The fourth-order valence-electron chi connectivity index (χ4n) is 1.76. The molecule has 0 atom stereocenters. The molecule has 4 N–H and O–H groups in total. The van der Waals surface area contributed by atoms with Gasteiger partial charge in [0.2, 0.25) is 5.91 Å². The fraction of sp³-hybridized carbons (Fsp3) is 0.643. The lowest BCUT2D eigenvalue weighted by atomic mass is 10.2. The van der Waals surface area contributed by atoms with Crippen LogP contribution in [0.1, 0.15) is 38.9 Å². The van der Waals surface area contributed by atoms with E-state index in [1.807, 2.05) is 19.9 Å². The zero-order chi connectivity index (χ0) is 15.5. The van der Waals surface area contributed by atoms with Gasteiger partial charge in [0.1, 0.15) is 18.2 Å². The zero-order valence-corrected chi connectivity index (χ0v) is 12.8. The number of aromatic nitrogens is 2. The molecule has 118 valence electrons. The number of primary amides is 1. The number of amides is 1. The molecule has 0 radical (unpaired) electrons. The minimum Gasteiger partial charge on any atom is -0.374 e. The minimum atomic E-state index is -0.259. The molecule has 0 bridgehead atoms. The van der Waals surface area contributed by atoms with E-state index in [0.29, 0.717) is 25.5 Å². The van der Waals surface area contributed by atoms with Gasteiger partial charge in [0.25, 0.3) is 0 Å². The largest absolute Gasteiger partial charge is 0.374 e. The number of nitrogens with zero attached hydrogens (tertiary/aromatic N) is 2. The van der Waals surface area contributed by atoms with Gasteiger partial charge in [-0.1, -0.05) is 0 Å². The van der Waals surface area contributed by atoms with Crippen LogP contribution in [0.5, 0.6) is 0 Å². The number of rotatable bonds is 11. The molecule has 0 saturated carbocycles. The molecule has 0 aliphatic carbocycles. The van der Waals surface area contributed by atoms with Gasteiger partial charge in [-0.2, -0.15) is 0 Å². The molecular formula is C14H25N5O2. The first-order valence-corrected chi connectivity index (χ1v) is 7.37. The maximum Gasteiger partial charge on any atom is 0.217 e. The van der Waals surface area contributed by atoms with Crippen molar-refractivity contribution in [3.8, 4) is 0 Å². The summed E-state index contributed by atoms with van der Waals surface area (Å²) in [6.07, 6.45) is 2.06. The molecule has 7 heteroatoms. The molecule has 21 heavy (non-hydrogen) atoms. The third kappa shape index (κ3) is 7.45. The normalized spacial score (nSPS) is 10.4. The third-order valence-electron chi connectivity index (χ3n) is 2.72. The second-order valence-electron chi connectivity index (χ2n) is 4.57. The molecule has 0 aliphatic rings. The molecule has 1 aromatic rings. The Morgan fingerprint density at radius 2 is 1.95 bits per heavy atom. The molecule has 0 saturated heterocycles. The first-order valence-electron chi connectivity index (χ1n) is 7.37. The number of hydrogen-bond donors (Lipinski definition) is 3. The summed E-state index contributed by atoms with van der Waals surface area (Å²) < 4.78 is 5.35. The highest BCUT2D eigenvalue weighted by Gasteiger charge is 2.04. The van der Waals surface area contributed by atoms with Gasteiger partial charge >= 0.3 is 0 Å². The molecule has 1 amide bonds. The lowest BCUT2D eigenvalue weighted by molar-refractivity contribution is -0.118. The second-order valence-corrected chi connectivity index (χ2v) is 4.57. The average Bonchev–Trinajstić information content (AvgIpc) is 2.44.